The molecule has 0 aromatic carbocycles. The predicted molar refractivity (Wildman–Crippen MR) is 44.3 cm³/mol. The van der Waals surface area contributed by atoms with Gasteiger partial charge < -0.3 is 15.8 Å². The zero-order chi connectivity index (χ0) is 8.43. The lowest BCUT2D eigenvalue weighted by Crippen LogP contribution is -2.15. The largest absolute Gasteiger partial charge is 0.394 e. The monoisotopic (exact) mass is 154 g/mol. The second kappa shape index (κ2) is 3.07. The zero-order valence-electron chi connectivity index (χ0n) is 6.89. The van der Waals surface area contributed by atoms with E-state index in [0.717, 1.165) is 16.8 Å². The minimum absolute atomic E-state index is 0.000463. The number of hydrogen-bond acceptors (Lipinski definition) is 2. The molecule has 0 spiro atoms. The fourth-order valence-electron chi connectivity index (χ4n) is 1.33. The van der Waals surface area contributed by atoms with Crippen LogP contribution in [0.3, 0.4) is 0 Å². The fraction of sp³-hybridized carbons (Fsp3) is 0.500. The van der Waals surface area contributed by atoms with Crippen LogP contribution in [0.1, 0.15) is 22.9 Å². The van der Waals surface area contributed by atoms with Gasteiger partial charge in [0.15, 0.2) is 0 Å². The number of hydrogen-bond donors (Lipinski definition) is 3. The van der Waals surface area contributed by atoms with Crippen LogP contribution >= 0.6 is 0 Å². The van der Waals surface area contributed by atoms with E-state index in [4.69, 9.17) is 10.8 Å². The van der Waals surface area contributed by atoms with Gasteiger partial charge >= 0.3 is 0 Å². The van der Waals surface area contributed by atoms with E-state index in [9.17, 15) is 0 Å². The maximum Gasteiger partial charge on any atom is 0.0625 e. The summed E-state index contributed by atoms with van der Waals surface area (Å²) < 4.78 is 0. The van der Waals surface area contributed by atoms with E-state index in [1.165, 1.54) is 0 Å². The first-order valence-electron chi connectivity index (χ1n) is 3.67. The first kappa shape index (κ1) is 8.30. The average Bonchev–Trinajstić information content (AvgIpc) is 2.30. The zero-order valence-corrected chi connectivity index (χ0v) is 6.89. The molecule has 3 nitrogen and oxygen atoms in total. The van der Waals surface area contributed by atoms with Crippen LogP contribution in [-0.2, 0) is 0 Å². The summed E-state index contributed by atoms with van der Waals surface area (Å²) in [6.07, 6.45) is 1.90. The van der Waals surface area contributed by atoms with Crippen LogP contribution in [0.15, 0.2) is 6.20 Å². The highest BCUT2D eigenvalue weighted by molar-refractivity contribution is 5.31. The molecule has 0 bridgehead atoms. The molecule has 11 heavy (non-hydrogen) atoms. The molecule has 1 aromatic rings. The first-order valence-corrected chi connectivity index (χ1v) is 3.67. The molecule has 0 saturated heterocycles. The molecular formula is C8H14N2O. The van der Waals surface area contributed by atoms with E-state index >= 15 is 0 Å². The quantitative estimate of drug-likeness (QED) is 0.585. The van der Waals surface area contributed by atoms with Crippen LogP contribution in [0.5, 0.6) is 0 Å². The van der Waals surface area contributed by atoms with Crippen LogP contribution in [-0.4, -0.2) is 16.7 Å². The Kier molecular flexibility index (Phi) is 2.31. The third-order valence-electron chi connectivity index (χ3n) is 1.90. The van der Waals surface area contributed by atoms with Gasteiger partial charge in [0.1, 0.15) is 0 Å². The number of aliphatic hydroxyl groups is 1. The lowest BCUT2D eigenvalue weighted by atomic mass is 10.1. The summed E-state index contributed by atoms with van der Waals surface area (Å²) >= 11 is 0. The van der Waals surface area contributed by atoms with Crippen LogP contribution < -0.4 is 5.73 Å². The van der Waals surface area contributed by atoms with Crippen molar-refractivity contribution >= 4 is 0 Å². The van der Waals surface area contributed by atoms with Crippen molar-refractivity contribution in [2.24, 2.45) is 5.73 Å². The number of nitrogens with two attached hydrogens (primary N) is 1. The van der Waals surface area contributed by atoms with Crippen molar-refractivity contribution in [3.8, 4) is 0 Å². The summed E-state index contributed by atoms with van der Waals surface area (Å²) in [6, 6.07) is -0.249. The van der Waals surface area contributed by atoms with Crippen molar-refractivity contribution in [2.75, 3.05) is 6.61 Å². The topological polar surface area (TPSA) is 62.0 Å². The summed E-state index contributed by atoms with van der Waals surface area (Å²) in [4.78, 5) is 3.06. The van der Waals surface area contributed by atoms with Gasteiger partial charge in [-0.15, -0.1) is 0 Å². The number of aryl methyl sites for hydroxylation is 2. The normalized spacial score (nSPS) is 13.5. The van der Waals surface area contributed by atoms with Gasteiger partial charge in [-0.3, -0.25) is 0 Å². The third-order valence-corrected chi connectivity index (χ3v) is 1.90. The Morgan fingerprint density at radius 3 is 2.64 bits per heavy atom. The fourth-order valence-corrected chi connectivity index (χ4v) is 1.33. The first-order chi connectivity index (χ1) is 5.16. The van der Waals surface area contributed by atoms with Gasteiger partial charge in [-0.2, -0.15) is 0 Å². The molecule has 4 N–H and O–H groups in total. The molecule has 0 radical (unpaired) electrons. The van der Waals surface area contributed by atoms with Gasteiger partial charge in [0.25, 0.3) is 0 Å². The van der Waals surface area contributed by atoms with Crippen molar-refractivity contribution in [3.05, 3.63) is 23.0 Å². The van der Waals surface area contributed by atoms with Gasteiger partial charge in [0, 0.05) is 11.9 Å². The Hall–Kier alpha value is -0.800. The molecule has 1 atom stereocenters. The Morgan fingerprint density at radius 2 is 2.27 bits per heavy atom. The Morgan fingerprint density at radius 1 is 1.64 bits per heavy atom. The minimum atomic E-state index is -0.249. The molecule has 3 heteroatoms. The average molecular weight is 154 g/mol. The summed E-state index contributed by atoms with van der Waals surface area (Å²) in [7, 11) is 0. The van der Waals surface area contributed by atoms with Crippen LogP contribution in [0.4, 0.5) is 0 Å². The molecule has 1 aromatic heterocycles. The molecule has 1 unspecified atom stereocenters. The predicted octanol–water partition coefficient (Wildman–Crippen LogP) is 0.624. The summed E-state index contributed by atoms with van der Waals surface area (Å²) in [5, 5.41) is 8.82. The van der Waals surface area contributed by atoms with Crippen molar-refractivity contribution < 1.29 is 5.11 Å². The van der Waals surface area contributed by atoms with E-state index in [1.54, 1.807) is 0 Å². The van der Waals surface area contributed by atoms with Gasteiger partial charge in [-0.25, -0.2) is 0 Å². The van der Waals surface area contributed by atoms with Crippen molar-refractivity contribution in [1.29, 1.82) is 0 Å². The van der Waals surface area contributed by atoms with Crippen LogP contribution in [0.25, 0.3) is 0 Å². The van der Waals surface area contributed by atoms with Crippen molar-refractivity contribution in [1.82, 2.24) is 4.98 Å². The van der Waals surface area contributed by atoms with E-state index < -0.39 is 0 Å². The lowest BCUT2D eigenvalue weighted by molar-refractivity contribution is 0.267. The molecule has 0 amide bonds. The molecule has 0 aliphatic rings. The van der Waals surface area contributed by atoms with E-state index in [0.29, 0.717) is 0 Å². The van der Waals surface area contributed by atoms with Crippen LogP contribution in [0.2, 0.25) is 0 Å². The number of aromatic nitrogens is 1. The molecule has 0 aliphatic carbocycles. The summed E-state index contributed by atoms with van der Waals surface area (Å²) in [5.41, 5.74) is 8.87. The molecule has 1 rings (SSSR count). The number of aromatic amines is 1. The molecule has 1 heterocycles. The maximum absolute atomic E-state index is 8.82. The van der Waals surface area contributed by atoms with Gasteiger partial charge in [0.2, 0.25) is 0 Å². The van der Waals surface area contributed by atoms with Gasteiger partial charge in [-0.1, -0.05) is 0 Å². The lowest BCUT2D eigenvalue weighted by Gasteiger charge is -2.08. The second-order valence-electron chi connectivity index (χ2n) is 2.80. The summed E-state index contributed by atoms with van der Waals surface area (Å²) in [5.74, 6) is 0. The molecule has 0 aliphatic heterocycles. The Balaban J connectivity index is 3.00. The highest BCUT2D eigenvalue weighted by Gasteiger charge is 2.11. The van der Waals surface area contributed by atoms with Crippen LogP contribution in [0, 0.1) is 13.8 Å². The molecule has 0 saturated carbocycles. The van der Waals surface area contributed by atoms with Crippen molar-refractivity contribution in [2.45, 2.75) is 19.9 Å². The number of nitrogens with one attached hydrogen (secondary N) is 1. The Labute approximate surface area is 66.2 Å². The third kappa shape index (κ3) is 1.44. The molecule has 62 valence electrons. The smallest absolute Gasteiger partial charge is 0.0625 e. The number of aliphatic hydroxyl groups excluding tert-OH is 1. The Bertz CT molecular complexity index is 223. The second-order valence-corrected chi connectivity index (χ2v) is 2.80. The van der Waals surface area contributed by atoms with E-state index in [2.05, 4.69) is 4.98 Å². The highest BCUT2D eigenvalue weighted by atomic mass is 16.3. The number of rotatable bonds is 2. The summed E-state index contributed by atoms with van der Waals surface area (Å²) in [6.45, 7) is 3.94. The van der Waals surface area contributed by atoms with Crippen molar-refractivity contribution in [3.63, 3.8) is 0 Å². The standard InChI is InChI=1S/C8H14N2O/c1-5-3-10-6(2)8(5)7(9)4-11/h3,7,10-11H,4,9H2,1-2H3. The van der Waals surface area contributed by atoms with E-state index in [-0.39, 0.29) is 12.6 Å². The number of H-pyrrole nitrogens is 1. The van der Waals surface area contributed by atoms with Gasteiger partial charge in [0.05, 0.1) is 12.6 Å². The van der Waals surface area contributed by atoms with Gasteiger partial charge in [-0.05, 0) is 25.0 Å². The molecular weight excluding hydrogens is 140 g/mol. The highest BCUT2D eigenvalue weighted by Crippen LogP contribution is 2.18. The minimum Gasteiger partial charge on any atom is -0.394 e. The maximum atomic E-state index is 8.82. The van der Waals surface area contributed by atoms with E-state index in [1.807, 2.05) is 20.0 Å². The molecule has 0 fully saturated rings. The SMILES string of the molecule is Cc1c[nH]c(C)c1C(N)CO.